The highest BCUT2D eigenvalue weighted by Crippen LogP contribution is 2.22. The molecule has 0 aromatic heterocycles. The number of amides is 2. The van der Waals surface area contributed by atoms with E-state index in [1.165, 1.54) is 12.1 Å². The van der Waals surface area contributed by atoms with Gasteiger partial charge in [-0.1, -0.05) is 54.6 Å². The molecule has 1 atom stereocenters. The van der Waals surface area contributed by atoms with Gasteiger partial charge in [-0.3, -0.25) is 9.59 Å². The van der Waals surface area contributed by atoms with Gasteiger partial charge in [0.15, 0.2) is 0 Å². The minimum atomic E-state index is -0.344. The molecule has 0 radical (unpaired) electrons. The Balaban J connectivity index is 1.34. The molecule has 0 aliphatic carbocycles. The normalized spacial score (nSPS) is 16.1. The topological polar surface area (TPSA) is 49.4 Å². The van der Waals surface area contributed by atoms with E-state index in [1.807, 2.05) is 54.6 Å². The van der Waals surface area contributed by atoms with Crippen molar-refractivity contribution in [2.24, 2.45) is 0 Å². The Morgan fingerprint density at radius 2 is 1.59 bits per heavy atom. The molecular weight excluding hydrogens is 367 g/mol. The summed E-state index contributed by atoms with van der Waals surface area (Å²) >= 11 is 0. The zero-order chi connectivity index (χ0) is 20.2. The van der Waals surface area contributed by atoms with Crippen LogP contribution in [0, 0.1) is 5.82 Å². The lowest BCUT2D eigenvalue weighted by atomic mass is 10.0. The average Bonchev–Trinajstić information content (AvgIpc) is 3.09. The lowest BCUT2D eigenvalue weighted by Crippen LogP contribution is -2.38. The van der Waals surface area contributed by atoms with Crippen LogP contribution in [0.3, 0.4) is 0 Å². The van der Waals surface area contributed by atoms with Crippen LogP contribution < -0.4 is 10.2 Å². The predicted molar refractivity (Wildman–Crippen MR) is 111 cm³/mol. The van der Waals surface area contributed by atoms with Crippen LogP contribution in [0.4, 0.5) is 10.1 Å². The molecule has 1 aliphatic heterocycles. The summed E-state index contributed by atoms with van der Waals surface area (Å²) in [4.78, 5) is 26.3. The standard InChI is InChI=1S/C24H21FN2O2/c25-20-10-12-22(13-11-20)27-16-21(15-24(27)29)26-23(28)14-17-6-8-19(9-7-17)18-4-2-1-3-5-18/h1-13,21H,14-16H2,(H,26,28). The van der Waals surface area contributed by atoms with Crippen molar-refractivity contribution in [3.8, 4) is 11.1 Å². The molecule has 4 nitrogen and oxygen atoms in total. The lowest BCUT2D eigenvalue weighted by molar-refractivity contribution is -0.121. The van der Waals surface area contributed by atoms with Crippen LogP contribution in [0.25, 0.3) is 11.1 Å². The summed E-state index contributed by atoms with van der Waals surface area (Å²) in [6, 6.07) is 23.5. The van der Waals surface area contributed by atoms with Crippen molar-refractivity contribution in [1.82, 2.24) is 5.32 Å². The third-order valence-electron chi connectivity index (χ3n) is 5.05. The molecular formula is C24H21FN2O2. The highest BCUT2D eigenvalue weighted by Gasteiger charge is 2.31. The third kappa shape index (κ3) is 4.51. The largest absolute Gasteiger partial charge is 0.351 e. The number of anilines is 1. The summed E-state index contributed by atoms with van der Waals surface area (Å²) in [6.07, 6.45) is 0.506. The van der Waals surface area contributed by atoms with E-state index in [4.69, 9.17) is 0 Å². The van der Waals surface area contributed by atoms with Crippen LogP contribution in [-0.2, 0) is 16.0 Å². The van der Waals surface area contributed by atoms with Gasteiger partial charge in [-0.15, -0.1) is 0 Å². The minimum absolute atomic E-state index is 0.0749. The Morgan fingerprint density at radius 3 is 2.28 bits per heavy atom. The SMILES string of the molecule is O=C(Cc1ccc(-c2ccccc2)cc1)NC1CC(=O)N(c2ccc(F)cc2)C1. The van der Waals surface area contributed by atoms with E-state index < -0.39 is 0 Å². The summed E-state index contributed by atoms with van der Waals surface area (Å²) < 4.78 is 13.1. The fourth-order valence-corrected chi connectivity index (χ4v) is 3.58. The molecule has 29 heavy (non-hydrogen) atoms. The molecule has 1 fully saturated rings. The van der Waals surface area contributed by atoms with E-state index in [2.05, 4.69) is 5.32 Å². The maximum Gasteiger partial charge on any atom is 0.229 e. The average molecular weight is 388 g/mol. The van der Waals surface area contributed by atoms with Gasteiger partial charge in [-0.25, -0.2) is 4.39 Å². The first kappa shape index (κ1) is 18.9. The van der Waals surface area contributed by atoms with Crippen molar-refractivity contribution in [2.75, 3.05) is 11.4 Å². The first-order valence-electron chi connectivity index (χ1n) is 9.58. The Morgan fingerprint density at radius 1 is 0.931 bits per heavy atom. The van der Waals surface area contributed by atoms with Crippen LogP contribution in [0.15, 0.2) is 78.9 Å². The van der Waals surface area contributed by atoms with E-state index >= 15 is 0 Å². The fraction of sp³-hybridized carbons (Fsp3) is 0.167. The van der Waals surface area contributed by atoms with Crippen LogP contribution >= 0.6 is 0 Å². The Hall–Kier alpha value is -3.47. The number of halogens is 1. The fourth-order valence-electron chi connectivity index (χ4n) is 3.58. The van der Waals surface area contributed by atoms with E-state index in [9.17, 15) is 14.0 Å². The highest BCUT2D eigenvalue weighted by atomic mass is 19.1. The molecule has 1 unspecified atom stereocenters. The molecule has 3 aromatic carbocycles. The minimum Gasteiger partial charge on any atom is -0.351 e. The number of carbonyl (C=O) groups is 2. The highest BCUT2D eigenvalue weighted by molar-refractivity contribution is 5.96. The van der Waals surface area contributed by atoms with E-state index in [-0.39, 0.29) is 36.5 Å². The summed E-state index contributed by atoms with van der Waals surface area (Å²) in [5.74, 6) is -0.533. The molecule has 4 rings (SSSR count). The molecule has 0 spiro atoms. The van der Waals surface area contributed by atoms with Crippen LogP contribution in [-0.4, -0.2) is 24.4 Å². The van der Waals surface area contributed by atoms with Crippen LogP contribution in [0.2, 0.25) is 0 Å². The van der Waals surface area contributed by atoms with Crippen molar-refractivity contribution in [3.05, 3.63) is 90.2 Å². The second-order valence-electron chi connectivity index (χ2n) is 7.19. The van der Waals surface area contributed by atoms with Crippen molar-refractivity contribution in [1.29, 1.82) is 0 Å². The molecule has 1 N–H and O–H groups in total. The van der Waals surface area contributed by atoms with Gasteiger partial charge in [0.05, 0.1) is 12.5 Å². The number of benzene rings is 3. The van der Waals surface area contributed by atoms with Gasteiger partial charge in [-0.05, 0) is 41.0 Å². The van der Waals surface area contributed by atoms with Gasteiger partial charge in [0, 0.05) is 18.7 Å². The monoisotopic (exact) mass is 388 g/mol. The smallest absolute Gasteiger partial charge is 0.229 e. The van der Waals surface area contributed by atoms with Crippen molar-refractivity contribution < 1.29 is 14.0 Å². The van der Waals surface area contributed by atoms with Crippen LogP contribution in [0.5, 0.6) is 0 Å². The molecule has 146 valence electrons. The second kappa shape index (κ2) is 8.27. The molecule has 1 saturated heterocycles. The maximum absolute atomic E-state index is 13.1. The quantitative estimate of drug-likeness (QED) is 0.719. The van der Waals surface area contributed by atoms with Crippen molar-refractivity contribution >= 4 is 17.5 Å². The zero-order valence-corrected chi connectivity index (χ0v) is 15.8. The van der Waals surface area contributed by atoms with Gasteiger partial charge in [-0.2, -0.15) is 0 Å². The second-order valence-corrected chi connectivity index (χ2v) is 7.19. The first-order chi connectivity index (χ1) is 14.1. The molecule has 2 amide bonds. The Kier molecular flexibility index (Phi) is 5.38. The van der Waals surface area contributed by atoms with Gasteiger partial charge in [0.2, 0.25) is 11.8 Å². The van der Waals surface area contributed by atoms with Gasteiger partial charge in [0.25, 0.3) is 0 Å². The molecule has 5 heteroatoms. The number of nitrogens with zero attached hydrogens (tertiary/aromatic N) is 1. The summed E-state index contributed by atoms with van der Waals surface area (Å²) in [5, 5.41) is 2.94. The van der Waals surface area contributed by atoms with Gasteiger partial charge >= 0.3 is 0 Å². The third-order valence-corrected chi connectivity index (χ3v) is 5.05. The summed E-state index contributed by atoms with van der Waals surface area (Å²) in [7, 11) is 0. The number of carbonyl (C=O) groups excluding carboxylic acids is 2. The first-order valence-corrected chi connectivity index (χ1v) is 9.58. The number of rotatable bonds is 5. The Labute approximate surface area is 169 Å². The summed E-state index contributed by atoms with van der Waals surface area (Å²) in [5.41, 5.74) is 3.80. The zero-order valence-electron chi connectivity index (χ0n) is 15.8. The molecule has 1 aliphatic rings. The van der Waals surface area contributed by atoms with Crippen molar-refractivity contribution in [3.63, 3.8) is 0 Å². The molecule has 0 saturated carbocycles. The number of nitrogens with one attached hydrogen (secondary N) is 1. The summed E-state index contributed by atoms with van der Waals surface area (Å²) in [6.45, 7) is 0.392. The van der Waals surface area contributed by atoms with Crippen molar-refractivity contribution in [2.45, 2.75) is 18.9 Å². The predicted octanol–water partition coefficient (Wildman–Crippen LogP) is 3.96. The van der Waals surface area contributed by atoms with Gasteiger partial charge < -0.3 is 10.2 Å². The molecule has 0 bridgehead atoms. The van der Waals surface area contributed by atoms with Crippen LogP contribution in [0.1, 0.15) is 12.0 Å². The lowest BCUT2D eigenvalue weighted by Gasteiger charge is -2.17. The Bertz CT molecular complexity index is 1000. The van der Waals surface area contributed by atoms with Gasteiger partial charge in [0.1, 0.15) is 5.82 Å². The maximum atomic E-state index is 13.1. The van der Waals surface area contributed by atoms with E-state index in [0.29, 0.717) is 12.2 Å². The number of hydrogen-bond acceptors (Lipinski definition) is 2. The van der Waals surface area contributed by atoms with E-state index in [0.717, 1.165) is 16.7 Å². The molecule has 3 aromatic rings. The number of hydrogen-bond donors (Lipinski definition) is 1. The molecule has 1 heterocycles. The van der Waals surface area contributed by atoms with E-state index in [1.54, 1.807) is 17.0 Å².